The van der Waals surface area contributed by atoms with Crippen molar-refractivity contribution in [1.29, 1.82) is 0 Å². The second-order valence-corrected chi connectivity index (χ2v) is 7.15. The van der Waals surface area contributed by atoms with Gasteiger partial charge in [-0.15, -0.1) is 23.7 Å². The van der Waals surface area contributed by atoms with Crippen LogP contribution in [0.2, 0.25) is 0 Å². The van der Waals surface area contributed by atoms with Gasteiger partial charge in [0.05, 0.1) is 7.11 Å². The second-order valence-electron chi connectivity index (χ2n) is 4.62. The molecule has 2 rings (SSSR count). The Morgan fingerprint density at radius 1 is 1.50 bits per heavy atom. The zero-order valence-corrected chi connectivity index (χ0v) is 13.5. The molecule has 1 aromatic heterocycles. The van der Waals surface area contributed by atoms with Crippen molar-refractivity contribution in [2.24, 2.45) is 5.73 Å². The zero-order valence-electron chi connectivity index (χ0n) is 11.1. The number of hydrogen-bond acceptors (Lipinski definition) is 6. The number of sulfonamides is 1. The molecule has 0 aromatic carbocycles. The van der Waals surface area contributed by atoms with Gasteiger partial charge in [-0.1, -0.05) is 0 Å². The first kappa shape index (κ1) is 17.4. The lowest BCUT2D eigenvalue weighted by Crippen LogP contribution is -2.50. The van der Waals surface area contributed by atoms with E-state index in [2.05, 4.69) is 9.46 Å². The second kappa shape index (κ2) is 6.40. The highest BCUT2D eigenvalue weighted by molar-refractivity contribution is 7.89. The minimum Gasteiger partial charge on any atom is -0.465 e. The van der Waals surface area contributed by atoms with Crippen LogP contribution in [0.15, 0.2) is 10.3 Å². The van der Waals surface area contributed by atoms with Gasteiger partial charge in [0.25, 0.3) is 0 Å². The van der Waals surface area contributed by atoms with Crippen LogP contribution in [-0.4, -0.2) is 33.6 Å². The minimum atomic E-state index is -3.71. The van der Waals surface area contributed by atoms with Crippen molar-refractivity contribution >= 4 is 39.7 Å². The van der Waals surface area contributed by atoms with Crippen molar-refractivity contribution in [3.05, 3.63) is 15.8 Å². The normalized spacial score (nSPS) is 21.8. The number of halogens is 1. The van der Waals surface area contributed by atoms with Crippen molar-refractivity contribution in [2.45, 2.75) is 36.7 Å². The van der Waals surface area contributed by atoms with E-state index in [0.717, 1.165) is 11.3 Å². The Bertz CT molecular complexity index is 594. The van der Waals surface area contributed by atoms with E-state index < -0.39 is 16.0 Å². The van der Waals surface area contributed by atoms with Crippen LogP contribution in [0.1, 0.15) is 28.1 Å². The Kier molecular flexibility index (Phi) is 5.56. The first-order chi connectivity index (χ1) is 8.85. The minimum absolute atomic E-state index is 0. The molecular formula is C11H17ClN2O4S2. The summed E-state index contributed by atoms with van der Waals surface area (Å²) in [5, 5.41) is 1.63. The maximum Gasteiger partial charge on any atom is 0.349 e. The Hall–Kier alpha value is -0.670. The Morgan fingerprint density at radius 3 is 2.60 bits per heavy atom. The smallest absolute Gasteiger partial charge is 0.349 e. The number of carbonyl (C=O) groups excluding carboxylic acids is 1. The molecule has 1 aromatic rings. The van der Waals surface area contributed by atoms with Gasteiger partial charge in [0.2, 0.25) is 10.0 Å². The van der Waals surface area contributed by atoms with Gasteiger partial charge in [-0.25, -0.2) is 17.9 Å². The molecule has 1 fully saturated rings. The van der Waals surface area contributed by atoms with E-state index in [4.69, 9.17) is 5.73 Å². The molecule has 3 N–H and O–H groups in total. The van der Waals surface area contributed by atoms with E-state index in [-0.39, 0.29) is 34.3 Å². The molecule has 0 amide bonds. The van der Waals surface area contributed by atoms with Crippen LogP contribution in [0.3, 0.4) is 0 Å². The fourth-order valence-electron chi connectivity index (χ4n) is 2.04. The molecule has 0 saturated heterocycles. The molecule has 9 heteroatoms. The molecule has 1 aliphatic carbocycles. The topological polar surface area (TPSA) is 98.5 Å². The summed E-state index contributed by atoms with van der Waals surface area (Å²) in [4.78, 5) is 11.7. The lowest BCUT2D eigenvalue weighted by atomic mass is 9.89. The highest BCUT2D eigenvalue weighted by Crippen LogP contribution is 2.29. The number of aryl methyl sites for hydroxylation is 1. The summed E-state index contributed by atoms with van der Waals surface area (Å²) < 4.78 is 31.8. The van der Waals surface area contributed by atoms with E-state index in [0.29, 0.717) is 18.4 Å². The number of methoxy groups -OCH3 is 1. The molecule has 0 bridgehead atoms. The fourth-order valence-corrected chi connectivity index (χ4v) is 5.00. The molecule has 1 heterocycles. The summed E-state index contributed by atoms with van der Waals surface area (Å²) in [6.07, 6.45) is 1.24. The third kappa shape index (κ3) is 3.32. The summed E-state index contributed by atoms with van der Waals surface area (Å²) in [6.45, 7) is 1.66. The summed E-state index contributed by atoms with van der Waals surface area (Å²) >= 11 is 1.07. The molecule has 0 unspecified atom stereocenters. The number of hydrogen-bond donors (Lipinski definition) is 2. The van der Waals surface area contributed by atoms with E-state index in [1.165, 1.54) is 7.11 Å². The average molecular weight is 341 g/mol. The van der Waals surface area contributed by atoms with Crippen molar-refractivity contribution in [2.75, 3.05) is 7.11 Å². The van der Waals surface area contributed by atoms with E-state index in [1.807, 2.05) is 0 Å². The number of nitrogens with one attached hydrogen (secondary N) is 1. The van der Waals surface area contributed by atoms with Crippen LogP contribution in [0.25, 0.3) is 0 Å². The first-order valence-corrected chi connectivity index (χ1v) is 8.15. The van der Waals surface area contributed by atoms with Crippen LogP contribution in [-0.2, 0) is 14.8 Å². The van der Waals surface area contributed by atoms with Crippen molar-refractivity contribution < 1.29 is 17.9 Å². The number of rotatable bonds is 4. The van der Waals surface area contributed by atoms with Crippen LogP contribution < -0.4 is 10.5 Å². The zero-order chi connectivity index (χ0) is 14.2. The van der Waals surface area contributed by atoms with Gasteiger partial charge in [0.1, 0.15) is 9.77 Å². The average Bonchev–Trinajstić information content (AvgIpc) is 2.68. The van der Waals surface area contributed by atoms with Gasteiger partial charge >= 0.3 is 5.97 Å². The number of carbonyl (C=O) groups is 1. The molecule has 114 valence electrons. The standard InChI is InChI=1S/C11H16N2O4S2.ClH/c1-6-5-18-9(11(14)17-2)10(6)19(15,16)13-8-3-7(12)4-8;/h5,7-8,13H,3-4,12H2,1-2H3;1H. The largest absolute Gasteiger partial charge is 0.465 e. The third-order valence-corrected chi connectivity index (χ3v) is 5.97. The predicted octanol–water partition coefficient (Wildman–Crippen LogP) is 1.03. The molecule has 6 nitrogen and oxygen atoms in total. The number of thiophene rings is 1. The third-order valence-electron chi connectivity index (χ3n) is 3.05. The molecule has 0 radical (unpaired) electrons. The number of esters is 1. The lowest BCUT2D eigenvalue weighted by molar-refractivity contribution is 0.0602. The van der Waals surface area contributed by atoms with Gasteiger partial charge in [-0.2, -0.15) is 0 Å². The van der Waals surface area contributed by atoms with Gasteiger partial charge in [0, 0.05) is 12.1 Å². The fraction of sp³-hybridized carbons (Fsp3) is 0.545. The van der Waals surface area contributed by atoms with Crippen molar-refractivity contribution in [3.8, 4) is 0 Å². The summed E-state index contributed by atoms with van der Waals surface area (Å²) in [6, 6.07) is -0.0962. The quantitative estimate of drug-likeness (QED) is 0.798. The molecule has 1 saturated carbocycles. The van der Waals surface area contributed by atoms with E-state index >= 15 is 0 Å². The van der Waals surface area contributed by atoms with Crippen LogP contribution >= 0.6 is 23.7 Å². The Balaban J connectivity index is 0.00000200. The Labute approximate surface area is 128 Å². The summed E-state index contributed by atoms with van der Waals surface area (Å²) in [5.74, 6) is -0.635. The first-order valence-electron chi connectivity index (χ1n) is 5.79. The van der Waals surface area contributed by atoms with Crippen LogP contribution in [0, 0.1) is 6.92 Å². The Morgan fingerprint density at radius 2 is 2.10 bits per heavy atom. The predicted molar refractivity (Wildman–Crippen MR) is 79.0 cm³/mol. The van der Waals surface area contributed by atoms with E-state index in [9.17, 15) is 13.2 Å². The lowest BCUT2D eigenvalue weighted by Gasteiger charge is -2.32. The van der Waals surface area contributed by atoms with Gasteiger partial charge < -0.3 is 10.5 Å². The number of nitrogens with two attached hydrogens (primary N) is 1. The van der Waals surface area contributed by atoms with E-state index in [1.54, 1.807) is 12.3 Å². The SMILES string of the molecule is COC(=O)c1scc(C)c1S(=O)(=O)NC1CC(N)C1.Cl. The molecule has 0 atom stereocenters. The molecule has 0 aliphatic heterocycles. The summed E-state index contributed by atoms with van der Waals surface area (Å²) in [7, 11) is -2.48. The molecule has 1 aliphatic rings. The van der Waals surface area contributed by atoms with Gasteiger partial charge in [-0.05, 0) is 30.7 Å². The molecule has 20 heavy (non-hydrogen) atoms. The summed E-state index contributed by atoms with van der Waals surface area (Å²) in [5.41, 5.74) is 6.17. The van der Waals surface area contributed by atoms with Crippen LogP contribution in [0.5, 0.6) is 0 Å². The maximum absolute atomic E-state index is 12.3. The van der Waals surface area contributed by atoms with Crippen LogP contribution in [0.4, 0.5) is 0 Å². The van der Waals surface area contributed by atoms with Gasteiger partial charge in [0.15, 0.2) is 0 Å². The molecular weight excluding hydrogens is 324 g/mol. The van der Waals surface area contributed by atoms with Crippen molar-refractivity contribution in [1.82, 2.24) is 4.72 Å². The number of ether oxygens (including phenoxy) is 1. The maximum atomic E-state index is 12.3. The van der Waals surface area contributed by atoms with Gasteiger partial charge in [-0.3, -0.25) is 0 Å². The highest BCUT2D eigenvalue weighted by Gasteiger charge is 2.34. The monoisotopic (exact) mass is 340 g/mol. The highest BCUT2D eigenvalue weighted by atomic mass is 35.5. The molecule has 0 spiro atoms. The van der Waals surface area contributed by atoms with Crippen molar-refractivity contribution in [3.63, 3.8) is 0 Å².